The van der Waals surface area contributed by atoms with Crippen molar-refractivity contribution < 1.29 is 4.79 Å². The lowest BCUT2D eigenvalue weighted by atomic mass is 10.2. The molecule has 0 aliphatic heterocycles. The zero-order chi connectivity index (χ0) is 9.68. The van der Waals surface area contributed by atoms with Crippen LogP contribution in [0.25, 0.3) is 0 Å². The Hall–Kier alpha value is -1.20. The fourth-order valence-electron chi connectivity index (χ4n) is 0.930. The summed E-state index contributed by atoms with van der Waals surface area (Å²) in [7, 11) is 0. The molecule has 2 heteroatoms. The van der Waals surface area contributed by atoms with Crippen molar-refractivity contribution in [3.05, 3.63) is 29.8 Å². The first-order chi connectivity index (χ1) is 6.24. The highest BCUT2D eigenvalue weighted by Gasteiger charge is 1.99. The molecular formula is C11H10OS. The maximum Gasteiger partial charge on any atom is 0.159 e. The highest BCUT2D eigenvalue weighted by Crippen LogP contribution is 2.18. The number of benzene rings is 1. The van der Waals surface area contributed by atoms with Crippen molar-refractivity contribution >= 4 is 17.5 Å². The van der Waals surface area contributed by atoms with E-state index < -0.39 is 0 Å². The lowest BCUT2D eigenvalue weighted by Crippen LogP contribution is -1.91. The first-order valence-electron chi connectivity index (χ1n) is 3.91. The fraction of sp³-hybridized carbons (Fsp3) is 0.182. The van der Waals surface area contributed by atoms with E-state index in [0.717, 1.165) is 10.5 Å². The molecule has 1 rings (SSSR count). The standard InChI is InChI=1S/C11H10OS/c1-3-7-13-11-6-4-5-10(8-11)9(2)12/h1,4-6,8H,7H2,2H3. The molecule has 0 aliphatic rings. The topological polar surface area (TPSA) is 17.1 Å². The molecule has 0 spiro atoms. The molecule has 0 radical (unpaired) electrons. The molecule has 1 nitrogen and oxygen atoms in total. The number of ketones is 1. The van der Waals surface area contributed by atoms with Crippen LogP contribution in [0.5, 0.6) is 0 Å². The molecule has 0 atom stereocenters. The molecular weight excluding hydrogens is 180 g/mol. The van der Waals surface area contributed by atoms with E-state index in [-0.39, 0.29) is 5.78 Å². The van der Waals surface area contributed by atoms with E-state index in [4.69, 9.17) is 6.42 Å². The second kappa shape index (κ2) is 4.74. The van der Waals surface area contributed by atoms with Gasteiger partial charge in [0.05, 0.1) is 5.75 Å². The Kier molecular flexibility index (Phi) is 3.60. The molecule has 13 heavy (non-hydrogen) atoms. The lowest BCUT2D eigenvalue weighted by molar-refractivity contribution is 0.101. The van der Waals surface area contributed by atoms with E-state index in [1.54, 1.807) is 18.7 Å². The van der Waals surface area contributed by atoms with Crippen LogP contribution in [0.4, 0.5) is 0 Å². The summed E-state index contributed by atoms with van der Waals surface area (Å²) in [6.07, 6.45) is 5.14. The molecule has 0 fully saturated rings. The van der Waals surface area contributed by atoms with Gasteiger partial charge < -0.3 is 0 Å². The Balaban J connectivity index is 2.80. The Labute approximate surface area is 82.5 Å². The van der Waals surface area contributed by atoms with E-state index >= 15 is 0 Å². The Morgan fingerprint density at radius 2 is 2.38 bits per heavy atom. The molecule has 0 heterocycles. The van der Waals surface area contributed by atoms with Crippen molar-refractivity contribution in [2.24, 2.45) is 0 Å². The third-order valence-corrected chi connectivity index (χ3v) is 2.46. The van der Waals surface area contributed by atoms with Crippen molar-refractivity contribution in [1.82, 2.24) is 0 Å². The molecule has 0 saturated heterocycles. The summed E-state index contributed by atoms with van der Waals surface area (Å²) >= 11 is 1.56. The minimum absolute atomic E-state index is 0.0863. The Morgan fingerprint density at radius 3 is 3.00 bits per heavy atom. The van der Waals surface area contributed by atoms with Crippen molar-refractivity contribution in [2.75, 3.05) is 5.75 Å². The first kappa shape index (κ1) is 9.88. The molecule has 0 amide bonds. The average Bonchev–Trinajstić information content (AvgIpc) is 2.15. The quantitative estimate of drug-likeness (QED) is 0.414. The van der Waals surface area contributed by atoms with Gasteiger partial charge in [0, 0.05) is 10.5 Å². The van der Waals surface area contributed by atoms with Crippen LogP contribution in [0, 0.1) is 12.3 Å². The first-order valence-corrected chi connectivity index (χ1v) is 4.90. The van der Waals surface area contributed by atoms with Crippen LogP contribution in [-0.4, -0.2) is 11.5 Å². The maximum atomic E-state index is 11.0. The van der Waals surface area contributed by atoms with Gasteiger partial charge in [-0.2, -0.15) is 0 Å². The molecule has 0 aromatic heterocycles. The summed E-state index contributed by atoms with van der Waals surface area (Å²) in [5.74, 6) is 3.27. The number of carbonyl (C=O) groups excluding carboxylic acids is 1. The predicted molar refractivity (Wildman–Crippen MR) is 56.0 cm³/mol. The van der Waals surface area contributed by atoms with Crippen LogP contribution in [-0.2, 0) is 0 Å². The van der Waals surface area contributed by atoms with Crippen molar-refractivity contribution in [2.45, 2.75) is 11.8 Å². The fourth-order valence-corrected chi connectivity index (χ4v) is 1.56. The van der Waals surface area contributed by atoms with Gasteiger partial charge in [0.2, 0.25) is 0 Å². The van der Waals surface area contributed by atoms with E-state index in [0.29, 0.717) is 5.75 Å². The minimum Gasteiger partial charge on any atom is -0.295 e. The number of rotatable bonds is 3. The van der Waals surface area contributed by atoms with Gasteiger partial charge in [0.15, 0.2) is 5.78 Å². The Morgan fingerprint density at radius 1 is 1.62 bits per heavy atom. The summed E-state index contributed by atoms with van der Waals surface area (Å²) < 4.78 is 0. The maximum absolute atomic E-state index is 11.0. The molecule has 0 unspecified atom stereocenters. The van der Waals surface area contributed by atoms with Crippen LogP contribution >= 0.6 is 11.8 Å². The summed E-state index contributed by atoms with van der Waals surface area (Å²) in [5, 5.41) is 0. The molecule has 0 bridgehead atoms. The normalized spacial score (nSPS) is 9.23. The van der Waals surface area contributed by atoms with E-state index in [2.05, 4.69) is 5.92 Å². The third kappa shape index (κ3) is 2.96. The molecule has 66 valence electrons. The number of terminal acetylenes is 1. The van der Waals surface area contributed by atoms with Crippen molar-refractivity contribution in [1.29, 1.82) is 0 Å². The lowest BCUT2D eigenvalue weighted by Gasteiger charge is -1.99. The second-order valence-electron chi connectivity index (χ2n) is 2.58. The summed E-state index contributed by atoms with van der Waals surface area (Å²) in [6.45, 7) is 1.56. The molecule has 0 aliphatic carbocycles. The van der Waals surface area contributed by atoms with E-state index in [1.165, 1.54) is 0 Å². The SMILES string of the molecule is C#CCSc1cccc(C(C)=O)c1. The van der Waals surface area contributed by atoms with Gasteiger partial charge in [-0.1, -0.05) is 18.1 Å². The van der Waals surface area contributed by atoms with Gasteiger partial charge >= 0.3 is 0 Å². The largest absolute Gasteiger partial charge is 0.295 e. The van der Waals surface area contributed by atoms with Crippen LogP contribution in [0.2, 0.25) is 0 Å². The Bertz CT molecular complexity index is 349. The van der Waals surface area contributed by atoms with Gasteiger partial charge in [-0.3, -0.25) is 4.79 Å². The van der Waals surface area contributed by atoms with Gasteiger partial charge in [0.25, 0.3) is 0 Å². The molecule has 1 aromatic rings. The molecule has 1 aromatic carbocycles. The summed E-state index contributed by atoms with van der Waals surface area (Å²) in [5.41, 5.74) is 0.738. The van der Waals surface area contributed by atoms with Crippen LogP contribution in [0.1, 0.15) is 17.3 Å². The third-order valence-electron chi connectivity index (χ3n) is 1.56. The smallest absolute Gasteiger partial charge is 0.159 e. The highest BCUT2D eigenvalue weighted by molar-refractivity contribution is 7.99. The van der Waals surface area contributed by atoms with Gasteiger partial charge in [-0.25, -0.2) is 0 Å². The predicted octanol–water partition coefficient (Wildman–Crippen LogP) is 2.61. The number of hydrogen-bond acceptors (Lipinski definition) is 2. The van der Waals surface area contributed by atoms with Gasteiger partial charge in [-0.15, -0.1) is 18.2 Å². The molecule has 0 N–H and O–H groups in total. The number of thioether (sulfide) groups is 1. The van der Waals surface area contributed by atoms with Crippen LogP contribution < -0.4 is 0 Å². The van der Waals surface area contributed by atoms with Crippen molar-refractivity contribution in [3.63, 3.8) is 0 Å². The summed E-state index contributed by atoms with van der Waals surface area (Å²) in [6, 6.07) is 7.50. The number of Topliss-reactive ketones (excluding diaryl/α,β-unsaturated/α-hetero) is 1. The average molecular weight is 190 g/mol. The van der Waals surface area contributed by atoms with Gasteiger partial charge in [-0.05, 0) is 19.1 Å². The van der Waals surface area contributed by atoms with E-state index in [1.807, 2.05) is 24.3 Å². The zero-order valence-corrected chi connectivity index (χ0v) is 8.23. The second-order valence-corrected chi connectivity index (χ2v) is 3.63. The number of hydrogen-bond donors (Lipinski definition) is 0. The van der Waals surface area contributed by atoms with Crippen molar-refractivity contribution in [3.8, 4) is 12.3 Å². The van der Waals surface area contributed by atoms with Gasteiger partial charge in [0.1, 0.15) is 0 Å². The highest BCUT2D eigenvalue weighted by atomic mass is 32.2. The number of carbonyl (C=O) groups is 1. The van der Waals surface area contributed by atoms with Crippen LogP contribution in [0.3, 0.4) is 0 Å². The summed E-state index contributed by atoms with van der Waals surface area (Å²) in [4.78, 5) is 12.1. The molecule has 0 saturated carbocycles. The minimum atomic E-state index is 0.0863. The van der Waals surface area contributed by atoms with Crippen LogP contribution in [0.15, 0.2) is 29.2 Å². The van der Waals surface area contributed by atoms with E-state index in [9.17, 15) is 4.79 Å². The monoisotopic (exact) mass is 190 g/mol. The zero-order valence-electron chi connectivity index (χ0n) is 7.41.